The van der Waals surface area contributed by atoms with Gasteiger partial charge in [-0.2, -0.15) is 0 Å². The zero-order valence-electron chi connectivity index (χ0n) is 14.2. The second kappa shape index (κ2) is 21.7. The molecule has 2 atom stereocenters. The molecule has 133 valence electrons. The molecule has 6 nitrogen and oxygen atoms in total. The maximum absolute atomic E-state index is 9.93. The molecule has 0 aliphatic rings. The van der Waals surface area contributed by atoms with Crippen molar-refractivity contribution in [3.8, 4) is 11.8 Å². The molecule has 0 saturated carbocycles. The molecule has 0 heterocycles. The molecule has 0 spiro atoms. The van der Waals surface area contributed by atoms with Gasteiger partial charge in [-0.15, -0.1) is 0 Å². The predicted molar refractivity (Wildman–Crippen MR) is 78.8 cm³/mol. The second-order valence-corrected chi connectivity index (χ2v) is 5.11. The first-order valence-electron chi connectivity index (χ1n) is 6.10. The van der Waals surface area contributed by atoms with E-state index in [0.717, 1.165) is 0 Å². The molecule has 0 amide bonds. The van der Waals surface area contributed by atoms with E-state index in [1.165, 1.54) is 6.47 Å². The maximum Gasteiger partial charge on any atom is 0 e. The molecule has 7 heteroatoms. The predicted octanol–water partition coefficient (Wildman–Crippen LogP) is 1.76. The number of rotatable bonds is 6. The van der Waals surface area contributed by atoms with Crippen LogP contribution in [0.15, 0.2) is 0 Å². The molecular formula is C17H20FeO6-. The Morgan fingerprint density at radius 2 is 1.50 bits per heavy atom. The third-order valence-electron chi connectivity index (χ3n) is 1.73. The molecule has 0 aromatic carbocycles. The first-order valence-corrected chi connectivity index (χ1v) is 6.10. The van der Waals surface area contributed by atoms with Gasteiger partial charge in [0.25, 0.3) is 0 Å². The van der Waals surface area contributed by atoms with Crippen molar-refractivity contribution < 1.29 is 45.7 Å². The van der Waals surface area contributed by atoms with E-state index in [1.54, 1.807) is 33.1 Å². The summed E-state index contributed by atoms with van der Waals surface area (Å²) < 4.78 is 27.0. The van der Waals surface area contributed by atoms with Gasteiger partial charge in [-0.1, -0.05) is 18.3 Å². The van der Waals surface area contributed by atoms with Gasteiger partial charge in [0.2, 0.25) is 0 Å². The molecule has 0 bridgehead atoms. The Morgan fingerprint density at radius 1 is 1.08 bits per heavy atom. The molecule has 0 aromatic heterocycles. The third kappa shape index (κ3) is 32.6. The van der Waals surface area contributed by atoms with Crippen molar-refractivity contribution in [3.63, 3.8) is 0 Å². The number of hydrogen-bond acceptors (Lipinski definition) is 3. The normalized spacial score (nSPS) is 11.8. The van der Waals surface area contributed by atoms with Crippen molar-refractivity contribution >= 4 is 6.47 Å². The SMILES string of the molecule is C[C@H]([CH][CH][CH][C@](C)(O)C#CC(C)(C)C)O[C-]=O.[C-]#[O+].[C-]#[O+].[C-]#[O+].[Fe]. The fourth-order valence-corrected chi connectivity index (χ4v) is 0.870. The van der Waals surface area contributed by atoms with Crippen LogP contribution in [0.3, 0.4) is 0 Å². The summed E-state index contributed by atoms with van der Waals surface area (Å²) >= 11 is 0. The largest absolute Gasteiger partial charge is 0 e. The van der Waals surface area contributed by atoms with E-state index in [9.17, 15) is 9.90 Å². The molecule has 0 saturated heterocycles. The minimum atomic E-state index is -1.19. The molecular weight excluding hydrogens is 356 g/mol. The molecule has 0 aliphatic heterocycles. The summed E-state index contributed by atoms with van der Waals surface area (Å²) in [6.07, 6.45) is 4.45. The summed E-state index contributed by atoms with van der Waals surface area (Å²) in [5.41, 5.74) is -1.33. The molecule has 3 radical (unpaired) electrons. The standard InChI is InChI=1S/C14H20O3.3CO.Fe/c1-12(17-11-15)7-6-8-14(5,16)10-9-13(2,3)4;3*1-2;/h6-8,12,16H,1-5H3;;;;/q-1;;;;/t12-,14+;;;;/m1..../s1. The van der Waals surface area contributed by atoms with Crippen molar-refractivity contribution in [1.82, 2.24) is 0 Å². The van der Waals surface area contributed by atoms with Crippen LogP contribution in [0, 0.1) is 56.5 Å². The Hall–Kier alpha value is -1.27. The average Bonchev–Trinajstić information content (AvgIpc) is 2.51. The van der Waals surface area contributed by atoms with E-state index in [-0.39, 0.29) is 28.6 Å². The molecule has 0 aromatic rings. The van der Waals surface area contributed by atoms with Gasteiger partial charge in [0.15, 0.2) is 0 Å². The molecule has 24 heavy (non-hydrogen) atoms. The first-order chi connectivity index (χ1) is 10.7. The Balaban J connectivity index is -0.000000153. The van der Waals surface area contributed by atoms with Crippen LogP contribution >= 0.6 is 0 Å². The van der Waals surface area contributed by atoms with Gasteiger partial charge >= 0.3 is 33.9 Å². The van der Waals surface area contributed by atoms with Crippen LogP contribution in [-0.2, 0) is 40.6 Å². The fraction of sp³-hybridized carbons (Fsp3) is 0.471. The van der Waals surface area contributed by atoms with Gasteiger partial charge < -0.3 is 14.6 Å². The van der Waals surface area contributed by atoms with Crippen molar-refractivity contribution in [2.45, 2.75) is 46.3 Å². The zero-order valence-corrected chi connectivity index (χ0v) is 15.3. The van der Waals surface area contributed by atoms with Gasteiger partial charge in [-0.25, -0.2) is 0 Å². The molecule has 0 rings (SSSR count). The van der Waals surface area contributed by atoms with Crippen molar-refractivity contribution in [2.75, 3.05) is 0 Å². The van der Waals surface area contributed by atoms with E-state index < -0.39 is 5.60 Å². The summed E-state index contributed by atoms with van der Waals surface area (Å²) in [5.74, 6) is 5.75. The van der Waals surface area contributed by atoms with Gasteiger partial charge in [-0.3, -0.25) is 0 Å². The van der Waals surface area contributed by atoms with Crippen LogP contribution in [0.25, 0.3) is 0 Å². The van der Waals surface area contributed by atoms with Crippen LogP contribution in [0.1, 0.15) is 34.6 Å². The number of ether oxygens (including phenoxy) is 1. The van der Waals surface area contributed by atoms with Crippen LogP contribution in [0.4, 0.5) is 0 Å². The van der Waals surface area contributed by atoms with Crippen LogP contribution in [0.2, 0.25) is 0 Å². The monoisotopic (exact) mass is 376 g/mol. The smallest absolute Gasteiger partial charge is 0 e. The Labute approximate surface area is 155 Å². The van der Waals surface area contributed by atoms with Crippen LogP contribution < -0.4 is 0 Å². The summed E-state index contributed by atoms with van der Waals surface area (Å²) in [6.45, 7) is 24.1. The minimum Gasteiger partial charge on any atom is 0 e. The fourth-order valence-electron chi connectivity index (χ4n) is 0.870. The number of aliphatic hydroxyl groups is 1. The number of hydrogen-bond donors (Lipinski definition) is 1. The van der Waals surface area contributed by atoms with Crippen molar-refractivity contribution in [1.29, 1.82) is 0 Å². The molecule has 0 fully saturated rings. The summed E-state index contributed by atoms with van der Waals surface area (Å²) in [4.78, 5) is 9.93. The van der Waals surface area contributed by atoms with E-state index >= 15 is 0 Å². The summed E-state index contributed by atoms with van der Waals surface area (Å²) in [6, 6.07) is 0. The quantitative estimate of drug-likeness (QED) is 0.330. The van der Waals surface area contributed by atoms with E-state index in [4.69, 9.17) is 14.0 Å². The summed E-state index contributed by atoms with van der Waals surface area (Å²) in [7, 11) is 0. The van der Waals surface area contributed by atoms with Crippen LogP contribution in [-0.4, -0.2) is 23.3 Å². The summed E-state index contributed by atoms with van der Waals surface area (Å²) in [5, 5.41) is 9.92. The first kappa shape index (κ1) is 34.1. The molecule has 0 aliphatic carbocycles. The Kier molecular flexibility index (Phi) is 30.9. The van der Waals surface area contributed by atoms with Gasteiger partial charge in [0.05, 0.1) is 6.10 Å². The Bertz CT molecular complexity index is 392. The van der Waals surface area contributed by atoms with E-state index in [0.29, 0.717) is 0 Å². The van der Waals surface area contributed by atoms with E-state index in [1.807, 2.05) is 20.8 Å². The maximum atomic E-state index is 9.93. The Morgan fingerprint density at radius 3 is 1.83 bits per heavy atom. The van der Waals surface area contributed by atoms with Crippen molar-refractivity contribution in [2.24, 2.45) is 5.41 Å². The van der Waals surface area contributed by atoms with Crippen molar-refractivity contribution in [3.05, 3.63) is 39.2 Å². The van der Waals surface area contributed by atoms with Gasteiger partial charge in [-0.05, 0) is 41.0 Å². The van der Waals surface area contributed by atoms with Crippen LogP contribution in [0.5, 0.6) is 0 Å². The van der Waals surface area contributed by atoms with E-state index in [2.05, 4.69) is 36.5 Å². The molecule has 0 unspecified atom stereocenters. The second-order valence-electron chi connectivity index (χ2n) is 5.11. The molecule has 1 N–H and O–H groups in total. The third-order valence-corrected chi connectivity index (χ3v) is 1.73. The average molecular weight is 376 g/mol. The number of carbonyl (C=O) groups excluding carboxylic acids is 1. The zero-order chi connectivity index (χ0) is 19.5. The minimum absolute atomic E-state index is 0. The van der Waals surface area contributed by atoms with Gasteiger partial charge in [0, 0.05) is 35.3 Å². The van der Waals surface area contributed by atoms with Gasteiger partial charge in [0.1, 0.15) is 5.60 Å². The topological polar surface area (TPSA) is 106 Å².